The van der Waals surface area contributed by atoms with Gasteiger partial charge in [-0.3, -0.25) is 0 Å². The number of rotatable bonds is 7. The minimum Gasteiger partial charge on any atom is -0.302 e. The molecule has 0 saturated heterocycles. The molecule has 0 radical (unpaired) electrons. The lowest BCUT2D eigenvalue weighted by Crippen LogP contribution is -2.28. The third kappa shape index (κ3) is 3.82. The van der Waals surface area contributed by atoms with Crippen molar-refractivity contribution in [3.63, 3.8) is 0 Å². The summed E-state index contributed by atoms with van der Waals surface area (Å²) in [6, 6.07) is 2.16. The Morgan fingerprint density at radius 1 is 1.35 bits per heavy atom. The van der Waals surface area contributed by atoms with Gasteiger partial charge in [0, 0.05) is 19.4 Å². The van der Waals surface area contributed by atoms with E-state index in [0.717, 1.165) is 44.0 Å². The predicted octanol–water partition coefficient (Wildman–Crippen LogP) is 1.29. The summed E-state index contributed by atoms with van der Waals surface area (Å²) in [5, 5.41) is 16.5. The zero-order valence-electron chi connectivity index (χ0n) is 10.9. The summed E-state index contributed by atoms with van der Waals surface area (Å²) < 4.78 is 1.93. The Morgan fingerprint density at radius 2 is 2.12 bits per heavy atom. The van der Waals surface area contributed by atoms with Crippen LogP contribution in [0.3, 0.4) is 0 Å². The lowest BCUT2D eigenvalue weighted by molar-refractivity contribution is 0.488. The first-order valence-electron chi connectivity index (χ1n) is 6.30. The van der Waals surface area contributed by atoms with Gasteiger partial charge in [0.1, 0.15) is 5.82 Å². The molecule has 5 heteroatoms. The molecule has 1 unspecified atom stereocenters. The van der Waals surface area contributed by atoms with E-state index in [4.69, 9.17) is 5.26 Å². The second-order valence-corrected chi connectivity index (χ2v) is 3.90. The lowest BCUT2D eigenvalue weighted by Gasteiger charge is -2.10. The first-order valence-corrected chi connectivity index (χ1v) is 6.30. The summed E-state index contributed by atoms with van der Waals surface area (Å²) in [5.74, 6) is 1.90. The fourth-order valence-electron chi connectivity index (χ4n) is 1.73. The van der Waals surface area contributed by atoms with Crippen LogP contribution in [0.15, 0.2) is 0 Å². The Hall–Kier alpha value is -1.41. The molecule has 0 aliphatic carbocycles. The Balaban J connectivity index is 2.61. The normalized spacial score (nSPS) is 12.4. The standard InChI is InChI=1S/C12H21N5/c1-4-11-15-12(5-2)17(16-11)8-7-10(9-13)14-6-3/h10,14H,4-8H2,1-3H3. The quantitative estimate of drug-likeness (QED) is 0.773. The van der Waals surface area contributed by atoms with Crippen molar-refractivity contribution >= 4 is 0 Å². The highest BCUT2D eigenvalue weighted by molar-refractivity contribution is 4.94. The molecule has 0 amide bonds. The van der Waals surface area contributed by atoms with Crippen molar-refractivity contribution in [1.29, 1.82) is 5.26 Å². The minimum atomic E-state index is -0.0982. The Bertz CT molecular complexity index is 377. The number of aryl methyl sites for hydroxylation is 3. The Labute approximate surface area is 103 Å². The van der Waals surface area contributed by atoms with E-state index in [9.17, 15) is 0 Å². The summed E-state index contributed by atoms with van der Waals surface area (Å²) in [4.78, 5) is 4.45. The first kappa shape index (κ1) is 13.7. The maximum Gasteiger partial charge on any atom is 0.150 e. The molecular formula is C12H21N5. The summed E-state index contributed by atoms with van der Waals surface area (Å²) in [6.07, 6.45) is 2.50. The highest BCUT2D eigenvalue weighted by Crippen LogP contribution is 2.03. The third-order valence-corrected chi connectivity index (χ3v) is 2.66. The van der Waals surface area contributed by atoms with Gasteiger partial charge >= 0.3 is 0 Å². The molecule has 1 aromatic rings. The molecule has 0 aliphatic heterocycles. The molecule has 0 aliphatic rings. The van der Waals surface area contributed by atoms with E-state index in [0.29, 0.717) is 0 Å². The Kier molecular flexibility index (Phi) is 5.64. The monoisotopic (exact) mass is 235 g/mol. The lowest BCUT2D eigenvalue weighted by atomic mass is 10.2. The first-order chi connectivity index (χ1) is 8.24. The number of hydrogen-bond donors (Lipinski definition) is 1. The summed E-state index contributed by atoms with van der Waals surface area (Å²) in [7, 11) is 0. The van der Waals surface area contributed by atoms with E-state index in [-0.39, 0.29) is 6.04 Å². The molecule has 1 aromatic heterocycles. The van der Waals surface area contributed by atoms with Crippen molar-refractivity contribution in [2.45, 2.75) is 52.6 Å². The van der Waals surface area contributed by atoms with Crippen LogP contribution in [-0.4, -0.2) is 27.4 Å². The average molecular weight is 235 g/mol. The third-order valence-electron chi connectivity index (χ3n) is 2.66. The average Bonchev–Trinajstić information content (AvgIpc) is 2.76. The van der Waals surface area contributed by atoms with Gasteiger partial charge in [0.25, 0.3) is 0 Å². The fraction of sp³-hybridized carbons (Fsp3) is 0.750. The molecule has 0 bridgehead atoms. The van der Waals surface area contributed by atoms with Gasteiger partial charge in [-0.25, -0.2) is 9.67 Å². The van der Waals surface area contributed by atoms with Gasteiger partial charge in [-0.05, 0) is 13.0 Å². The Morgan fingerprint density at radius 3 is 2.65 bits per heavy atom. The molecule has 1 rings (SSSR count). The number of hydrogen-bond acceptors (Lipinski definition) is 4. The predicted molar refractivity (Wildman–Crippen MR) is 66.5 cm³/mol. The van der Waals surface area contributed by atoms with E-state index in [1.807, 2.05) is 11.6 Å². The van der Waals surface area contributed by atoms with Gasteiger partial charge in [0.15, 0.2) is 5.82 Å². The van der Waals surface area contributed by atoms with Crippen molar-refractivity contribution in [3.05, 3.63) is 11.6 Å². The number of nitrogens with one attached hydrogen (secondary N) is 1. The maximum atomic E-state index is 8.96. The molecule has 0 fully saturated rings. The van der Waals surface area contributed by atoms with Gasteiger partial charge in [0.05, 0.1) is 12.1 Å². The van der Waals surface area contributed by atoms with E-state index in [1.54, 1.807) is 0 Å². The molecule has 1 atom stereocenters. The second-order valence-electron chi connectivity index (χ2n) is 3.90. The molecule has 1 heterocycles. The van der Waals surface area contributed by atoms with Gasteiger partial charge < -0.3 is 5.32 Å². The molecule has 94 valence electrons. The second kappa shape index (κ2) is 7.02. The van der Waals surface area contributed by atoms with Crippen molar-refractivity contribution in [2.24, 2.45) is 0 Å². The van der Waals surface area contributed by atoms with Crippen LogP contribution in [0, 0.1) is 11.3 Å². The highest BCUT2D eigenvalue weighted by Gasteiger charge is 2.10. The van der Waals surface area contributed by atoms with E-state index in [1.165, 1.54) is 0 Å². The molecule has 0 saturated carbocycles. The molecule has 0 spiro atoms. The fourth-order valence-corrected chi connectivity index (χ4v) is 1.73. The van der Waals surface area contributed by atoms with Crippen LogP contribution in [-0.2, 0) is 19.4 Å². The van der Waals surface area contributed by atoms with Crippen LogP contribution in [0.5, 0.6) is 0 Å². The molecule has 5 nitrogen and oxygen atoms in total. The van der Waals surface area contributed by atoms with E-state index >= 15 is 0 Å². The van der Waals surface area contributed by atoms with Crippen molar-refractivity contribution < 1.29 is 0 Å². The van der Waals surface area contributed by atoms with Crippen molar-refractivity contribution in [1.82, 2.24) is 20.1 Å². The maximum absolute atomic E-state index is 8.96. The highest BCUT2D eigenvalue weighted by atomic mass is 15.3. The van der Waals surface area contributed by atoms with Crippen LogP contribution in [0.1, 0.15) is 38.8 Å². The summed E-state index contributed by atoms with van der Waals surface area (Å²) in [5.41, 5.74) is 0. The largest absolute Gasteiger partial charge is 0.302 e. The minimum absolute atomic E-state index is 0.0982. The topological polar surface area (TPSA) is 66.5 Å². The zero-order chi connectivity index (χ0) is 12.7. The molecule has 0 aromatic carbocycles. The van der Waals surface area contributed by atoms with Crippen LogP contribution >= 0.6 is 0 Å². The number of nitriles is 1. The van der Waals surface area contributed by atoms with Crippen LogP contribution in [0.25, 0.3) is 0 Å². The van der Waals surface area contributed by atoms with Crippen LogP contribution in [0.2, 0.25) is 0 Å². The van der Waals surface area contributed by atoms with Gasteiger partial charge in [-0.15, -0.1) is 0 Å². The number of nitrogens with zero attached hydrogens (tertiary/aromatic N) is 4. The van der Waals surface area contributed by atoms with Crippen LogP contribution in [0.4, 0.5) is 0 Å². The van der Waals surface area contributed by atoms with Crippen molar-refractivity contribution in [3.8, 4) is 6.07 Å². The van der Waals surface area contributed by atoms with Gasteiger partial charge in [0.2, 0.25) is 0 Å². The smallest absolute Gasteiger partial charge is 0.150 e. The van der Waals surface area contributed by atoms with Gasteiger partial charge in [-0.1, -0.05) is 20.8 Å². The summed E-state index contributed by atoms with van der Waals surface area (Å²) >= 11 is 0. The molecular weight excluding hydrogens is 214 g/mol. The molecule has 1 N–H and O–H groups in total. The SMILES string of the molecule is CCNC(C#N)CCn1nc(CC)nc1CC. The zero-order valence-corrected chi connectivity index (χ0v) is 10.9. The number of aromatic nitrogens is 3. The summed E-state index contributed by atoms with van der Waals surface area (Å²) in [6.45, 7) is 7.70. The van der Waals surface area contributed by atoms with E-state index in [2.05, 4.69) is 35.3 Å². The van der Waals surface area contributed by atoms with E-state index < -0.39 is 0 Å². The molecule has 17 heavy (non-hydrogen) atoms. The van der Waals surface area contributed by atoms with Gasteiger partial charge in [-0.2, -0.15) is 10.4 Å². The van der Waals surface area contributed by atoms with Crippen LogP contribution < -0.4 is 5.32 Å². The van der Waals surface area contributed by atoms with Crippen molar-refractivity contribution in [2.75, 3.05) is 6.54 Å².